The van der Waals surface area contributed by atoms with E-state index in [-0.39, 0.29) is 6.61 Å². The number of aliphatic hydroxyl groups is 1. The summed E-state index contributed by atoms with van der Waals surface area (Å²) in [6.07, 6.45) is 0.771. The van der Waals surface area contributed by atoms with Crippen LogP contribution < -0.4 is 0 Å². The number of aromatic amines is 1. The molecular formula is C9H11N3OS2. The fourth-order valence-corrected chi connectivity index (χ4v) is 2.45. The summed E-state index contributed by atoms with van der Waals surface area (Å²) in [4.78, 5) is 5.44. The Morgan fingerprint density at radius 3 is 3.20 bits per heavy atom. The number of thiophene rings is 1. The molecule has 0 fully saturated rings. The fraction of sp³-hybridized carbons (Fsp3) is 0.333. The SMILES string of the molecule is OCCCSc1n[nH]c(-c2cccs2)n1. The number of aromatic nitrogens is 3. The summed E-state index contributed by atoms with van der Waals surface area (Å²) in [5.41, 5.74) is 0. The van der Waals surface area contributed by atoms with E-state index in [1.165, 1.54) is 0 Å². The molecule has 0 aliphatic heterocycles. The van der Waals surface area contributed by atoms with Crippen LogP contribution in [0.3, 0.4) is 0 Å². The Bertz CT molecular complexity index is 399. The zero-order valence-electron chi connectivity index (χ0n) is 8.01. The van der Waals surface area contributed by atoms with E-state index in [2.05, 4.69) is 15.2 Å². The molecule has 2 aromatic rings. The first kappa shape index (κ1) is 10.7. The molecule has 0 radical (unpaired) electrons. The van der Waals surface area contributed by atoms with Crippen LogP contribution in [0.25, 0.3) is 10.7 Å². The monoisotopic (exact) mass is 241 g/mol. The van der Waals surface area contributed by atoms with Crippen molar-refractivity contribution in [2.45, 2.75) is 11.6 Å². The van der Waals surface area contributed by atoms with Crippen molar-refractivity contribution in [3.05, 3.63) is 17.5 Å². The van der Waals surface area contributed by atoms with E-state index < -0.39 is 0 Å². The average molecular weight is 241 g/mol. The number of hydrogen-bond acceptors (Lipinski definition) is 5. The Hall–Kier alpha value is -0.850. The maximum absolute atomic E-state index is 8.64. The number of aliphatic hydroxyl groups excluding tert-OH is 1. The van der Waals surface area contributed by atoms with Gasteiger partial charge in [-0.15, -0.1) is 16.4 Å². The summed E-state index contributed by atoms with van der Waals surface area (Å²) in [6, 6.07) is 3.99. The molecule has 2 N–H and O–H groups in total. The molecule has 0 atom stereocenters. The van der Waals surface area contributed by atoms with Crippen LogP contribution in [-0.2, 0) is 0 Å². The van der Waals surface area contributed by atoms with Crippen LogP contribution in [0.2, 0.25) is 0 Å². The number of thioether (sulfide) groups is 1. The second-order valence-corrected chi connectivity index (χ2v) is 4.88. The molecular weight excluding hydrogens is 230 g/mol. The first-order chi connectivity index (χ1) is 7.40. The van der Waals surface area contributed by atoms with Crippen LogP contribution in [0.1, 0.15) is 6.42 Å². The lowest BCUT2D eigenvalue weighted by Gasteiger charge is -1.91. The molecule has 0 saturated carbocycles. The number of nitrogens with zero attached hydrogens (tertiary/aromatic N) is 2. The van der Waals surface area contributed by atoms with Crippen LogP contribution in [0.15, 0.2) is 22.7 Å². The predicted molar refractivity (Wildman–Crippen MR) is 62.1 cm³/mol. The van der Waals surface area contributed by atoms with Gasteiger partial charge in [0, 0.05) is 12.4 Å². The molecule has 0 aliphatic rings. The topological polar surface area (TPSA) is 61.8 Å². The van der Waals surface area contributed by atoms with E-state index in [9.17, 15) is 0 Å². The molecule has 2 aromatic heterocycles. The Labute approximate surface area is 95.8 Å². The molecule has 0 saturated heterocycles. The predicted octanol–water partition coefficient (Wildman–Crippen LogP) is 2.01. The summed E-state index contributed by atoms with van der Waals surface area (Å²) in [7, 11) is 0. The van der Waals surface area contributed by atoms with Crippen LogP contribution in [0.5, 0.6) is 0 Å². The van der Waals surface area contributed by atoms with Gasteiger partial charge in [-0.25, -0.2) is 4.98 Å². The van der Waals surface area contributed by atoms with Gasteiger partial charge in [-0.05, 0) is 17.9 Å². The molecule has 0 bridgehead atoms. The van der Waals surface area contributed by atoms with E-state index in [4.69, 9.17) is 5.11 Å². The van der Waals surface area contributed by atoms with Gasteiger partial charge in [0.1, 0.15) is 0 Å². The average Bonchev–Trinajstić information content (AvgIpc) is 2.87. The minimum atomic E-state index is 0.217. The van der Waals surface area contributed by atoms with Crippen molar-refractivity contribution in [2.24, 2.45) is 0 Å². The van der Waals surface area contributed by atoms with E-state index >= 15 is 0 Å². The number of rotatable bonds is 5. The lowest BCUT2D eigenvalue weighted by molar-refractivity contribution is 0.296. The zero-order valence-corrected chi connectivity index (χ0v) is 9.64. The first-order valence-corrected chi connectivity index (χ1v) is 6.46. The molecule has 80 valence electrons. The fourth-order valence-electron chi connectivity index (χ4n) is 1.06. The second kappa shape index (κ2) is 5.29. The number of hydrogen-bond donors (Lipinski definition) is 2. The smallest absolute Gasteiger partial charge is 0.208 e. The number of nitrogens with one attached hydrogen (secondary N) is 1. The second-order valence-electron chi connectivity index (χ2n) is 2.87. The van der Waals surface area contributed by atoms with Gasteiger partial charge >= 0.3 is 0 Å². The van der Waals surface area contributed by atoms with Gasteiger partial charge in [0.25, 0.3) is 0 Å². The maximum atomic E-state index is 8.64. The van der Waals surface area contributed by atoms with E-state index in [1.54, 1.807) is 23.1 Å². The molecule has 0 spiro atoms. The molecule has 4 nitrogen and oxygen atoms in total. The lowest BCUT2D eigenvalue weighted by Crippen LogP contribution is -1.86. The van der Waals surface area contributed by atoms with E-state index in [1.807, 2.05) is 17.5 Å². The summed E-state index contributed by atoms with van der Waals surface area (Å²) in [5, 5.41) is 18.4. The molecule has 15 heavy (non-hydrogen) atoms. The minimum absolute atomic E-state index is 0.217. The van der Waals surface area contributed by atoms with Crippen molar-refractivity contribution in [2.75, 3.05) is 12.4 Å². The highest BCUT2D eigenvalue weighted by molar-refractivity contribution is 7.99. The van der Waals surface area contributed by atoms with Gasteiger partial charge in [-0.2, -0.15) is 0 Å². The first-order valence-electron chi connectivity index (χ1n) is 4.60. The molecule has 2 heterocycles. The van der Waals surface area contributed by atoms with Crippen molar-refractivity contribution >= 4 is 23.1 Å². The van der Waals surface area contributed by atoms with Gasteiger partial charge in [-0.3, -0.25) is 5.10 Å². The van der Waals surface area contributed by atoms with Gasteiger partial charge in [-0.1, -0.05) is 17.8 Å². The van der Waals surface area contributed by atoms with Crippen molar-refractivity contribution in [1.29, 1.82) is 0 Å². The highest BCUT2D eigenvalue weighted by Crippen LogP contribution is 2.23. The van der Waals surface area contributed by atoms with Crippen LogP contribution in [0.4, 0.5) is 0 Å². The summed E-state index contributed by atoms with van der Waals surface area (Å²) < 4.78 is 0. The Morgan fingerprint density at radius 1 is 1.53 bits per heavy atom. The Balaban J connectivity index is 1.98. The van der Waals surface area contributed by atoms with Gasteiger partial charge in [0.05, 0.1) is 4.88 Å². The van der Waals surface area contributed by atoms with Crippen molar-refractivity contribution in [3.8, 4) is 10.7 Å². The third kappa shape index (κ3) is 2.80. The quantitative estimate of drug-likeness (QED) is 0.621. The Kier molecular flexibility index (Phi) is 3.76. The summed E-state index contributed by atoms with van der Waals surface area (Å²) >= 11 is 3.19. The van der Waals surface area contributed by atoms with Crippen LogP contribution >= 0.6 is 23.1 Å². The third-order valence-electron chi connectivity index (χ3n) is 1.75. The van der Waals surface area contributed by atoms with Gasteiger partial charge < -0.3 is 5.11 Å². The van der Waals surface area contributed by atoms with E-state index in [0.29, 0.717) is 0 Å². The normalized spacial score (nSPS) is 10.7. The summed E-state index contributed by atoms with van der Waals surface area (Å²) in [5.74, 6) is 1.66. The standard InChI is InChI=1S/C9H11N3OS2/c13-4-2-6-15-9-10-8(11-12-9)7-3-1-5-14-7/h1,3,5,13H,2,4,6H2,(H,10,11,12). The molecule has 2 rings (SSSR count). The van der Waals surface area contributed by atoms with Crippen LogP contribution in [-0.4, -0.2) is 32.6 Å². The Morgan fingerprint density at radius 2 is 2.47 bits per heavy atom. The molecule has 0 aliphatic carbocycles. The van der Waals surface area contributed by atoms with Crippen molar-refractivity contribution in [1.82, 2.24) is 15.2 Å². The highest BCUT2D eigenvalue weighted by Gasteiger charge is 2.05. The largest absolute Gasteiger partial charge is 0.396 e. The molecule has 0 unspecified atom stereocenters. The van der Waals surface area contributed by atoms with Crippen molar-refractivity contribution in [3.63, 3.8) is 0 Å². The highest BCUT2D eigenvalue weighted by atomic mass is 32.2. The lowest BCUT2D eigenvalue weighted by atomic mass is 10.4. The van der Waals surface area contributed by atoms with Gasteiger partial charge in [0.15, 0.2) is 5.82 Å². The van der Waals surface area contributed by atoms with Crippen molar-refractivity contribution < 1.29 is 5.11 Å². The minimum Gasteiger partial charge on any atom is -0.396 e. The maximum Gasteiger partial charge on any atom is 0.208 e. The third-order valence-corrected chi connectivity index (χ3v) is 3.56. The molecule has 0 aromatic carbocycles. The molecule has 6 heteroatoms. The van der Waals surface area contributed by atoms with E-state index in [0.717, 1.165) is 28.0 Å². The zero-order chi connectivity index (χ0) is 10.5. The van der Waals surface area contributed by atoms with Crippen LogP contribution in [0, 0.1) is 0 Å². The summed E-state index contributed by atoms with van der Waals surface area (Å²) in [6.45, 7) is 0.217. The number of H-pyrrole nitrogens is 1. The van der Waals surface area contributed by atoms with Gasteiger partial charge in [0.2, 0.25) is 5.16 Å². The molecule has 0 amide bonds.